The average molecular weight is 250 g/mol. The highest BCUT2D eigenvalue weighted by molar-refractivity contribution is 5.86. The summed E-state index contributed by atoms with van der Waals surface area (Å²) in [4.78, 5) is 11.2. The third-order valence-electron chi connectivity index (χ3n) is 3.38. The van der Waals surface area contributed by atoms with E-state index in [2.05, 4.69) is 27.2 Å². The standard InChI is InChI=1S/C12H18N4O2/c1-12(7-13,8-3-4-8)14-10-6-5-9(15-16-10)11(17)18-2/h5-6,8H,3-4,7,13H2,1-2H3,(H,14,16). The van der Waals surface area contributed by atoms with E-state index in [1.807, 2.05) is 0 Å². The number of nitrogens with one attached hydrogen (secondary N) is 1. The van der Waals surface area contributed by atoms with Crippen LogP contribution in [0, 0.1) is 5.92 Å². The maximum Gasteiger partial charge on any atom is 0.358 e. The van der Waals surface area contributed by atoms with E-state index in [4.69, 9.17) is 5.73 Å². The molecule has 6 heteroatoms. The van der Waals surface area contributed by atoms with Gasteiger partial charge in [0.15, 0.2) is 5.69 Å². The molecule has 1 fully saturated rings. The van der Waals surface area contributed by atoms with Crippen LogP contribution < -0.4 is 11.1 Å². The van der Waals surface area contributed by atoms with Gasteiger partial charge in [-0.05, 0) is 37.8 Å². The van der Waals surface area contributed by atoms with Gasteiger partial charge in [-0.3, -0.25) is 0 Å². The van der Waals surface area contributed by atoms with Crippen molar-refractivity contribution in [1.29, 1.82) is 0 Å². The molecule has 1 unspecified atom stereocenters. The van der Waals surface area contributed by atoms with Crippen LogP contribution in [-0.4, -0.2) is 35.4 Å². The Morgan fingerprint density at radius 3 is 2.72 bits per heavy atom. The third kappa shape index (κ3) is 2.59. The zero-order valence-electron chi connectivity index (χ0n) is 10.6. The molecule has 0 bridgehead atoms. The topological polar surface area (TPSA) is 90.1 Å². The first-order valence-corrected chi connectivity index (χ1v) is 5.99. The highest BCUT2D eigenvalue weighted by Gasteiger charge is 2.40. The van der Waals surface area contributed by atoms with E-state index in [0.29, 0.717) is 18.3 Å². The first-order valence-electron chi connectivity index (χ1n) is 5.99. The van der Waals surface area contributed by atoms with Gasteiger partial charge in [0, 0.05) is 6.54 Å². The van der Waals surface area contributed by atoms with Gasteiger partial charge in [-0.25, -0.2) is 4.79 Å². The number of carbonyl (C=O) groups is 1. The number of nitrogens with two attached hydrogens (primary N) is 1. The summed E-state index contributed by atoms with van der Waals surface area (Å²) in [6.45, 7) is 2.62. The summed E-state index contributed by atoms with van der Waals surface area (Å²) in [5.74, 6) is 0.727. The summed E-state index contributed by atoms with van der Waals surface area (Å²) >= 11 is 0. The van der Waals surface area contributed by atoms with Gasteiger partial charge in [-0.15, -0.1) is 10.2 Å². The second kappa shape index (κ2) is 4.89. The number of aromatic nitrogens is 2. The van der Waals surface area contributed by atoms with Gasteiger partial charge >= 0.3 is 5.97 Å². The number of carbonyl (C=O) groups excluding carboxylic acids is 1. The Balaban J connectivity index is 2.08. The van der Waals surface area contributed by atoms with Crippen LogP contribution in [-0.2, 0) is 4.74 Å². The maximum atomic E-state index is 11.2. The number of rotatable bonds is 5. The number of ether oxygens (including phenoxy) is 1. The van der Waals surface area contributed by atoms with Gasteiger partial charge in [0.25, 0.3) is 0 Å². The molecule has 2 rings (SSSR count). The molecule has 1 aliphatic rings. The molecule has 0 aliphatic heterocycles. The summed E-state index contributed by atoms with van der Waals surface area (Å²) in [7, 11) is 1.31. The van der Waals surface area contributed by atoms with Crippen molar-refractivity contribution in [2.75, 3.05) is 19.0 Å². The molecule has 18 heavy (non-hydrogen) atoms. The number of esters is 1. The Hall–Kier alpha value is -1.69. The van der Waals surface area contributed by atoms with Crippen LogP contribution in [0.3, 0.4) is 0 Å². The van der Waals surface area contributed by atoms with Gasteiger partial charge in [-0.1, -0.05) is 0 Å². The Labute approximate surface area is 106 Å². The van der Waals surface area contributed by atoms with E-state index < -0.39 is 5.97 Å². The normalized spacial score (nSPS) is 17.9. The molecule has 0 saturated heterocycles. The van der Waals surface area contributed by atoms with Gasteiger partial charge in [-0.2, -0.15) is 0 Å². The third-order valence-corrected chi connectivity index (χ3v) is 3.38. The van der Waals surface area contributed by atoms with Crippen molar-refractivity contribution >= 4 is 11.8 Å². The van der Waals surface area contributed by atoms with Crippen LogP contribution in [0.25, 0.3) is 0 Å². The van der Waals surface area contributed by atoms with Crippen molar-refractivity contribution in [3.8, 4) is 0 Å². The molecular formula is C12H18N4O2. The molecular weight excluding hydrogens is 232 g/mol. The Morgan fingerprint density at radius 1 is 1.56 bits per heavy atom. The maximum absolute atomic E-state index is 11.2. The number of hydrogen-bond donors (Lipinski definition) is 2. The lowest BCUT2D eigenvalue weighted by atomic mass is 9.96. The monoisotopic (exact) mass is 250 g/mol. The summed E-state index contributed by atoms with van der Waals surface area (Å²) < 4.78 is 4.56. The minimum atomic E-state index is -0.488. The minimum absolute atomic E-state index is 0.151. The minimum Gasteiger partial charge on any atom is -0.464 e. The van der Waals surface area contributed by atoms with Crippen LogP contribution in [0.15, 0.2) is 12.1 Å². The van der Waals surface area contributed by atoms with Gasteiger partial charge in [0.1, 0.15) is 5.82 Å². The molecule has 98 valence electrons. The van der Waals surface area contributed by atoms with E-state index in [1.54, 1.807) is 12.1 Å². The van der Waals surface area contributed by atoms with Crippen molar-refractivity contribution in [1.82, 2.24) is 10.2 Å². The fourth-order valence-corrected chi connectivity index (χ4v) is 1.95. The first-order chi connectivity index (χ1) is 8.59. The van der Waals surface area contributed by atoms with Crippen LogP contribution in [0.1, 0.15) is 30.3 Å². The van der Waals surface area contributed by atoms with E-state index in [0.717, 1.165) is 0 Å². The average Bonchev–Trinajstić information content (AvgIpc) is 3.23. The van der Waals surface area contributed by atoms with E-state index in [1.165, 1.54) is 20.0 Å². The number of methoxy groups -OCH3 is 1. The van der Waals surface area contributed by atoms with Crippen molar-refractivity contribution in [3.05, 3.63) is 17.8 Å². The molecule has 1 atom stereocenters. The second-order valence-electron chi connectivity index (χ2n) is 4.82. The summed E-state index contributed by atoms with van der Waals surface area (Å²) in [5, 5.41) is 11.1. The van der Waals surface area contributed by atoms with Crippen LogP contribution in [0.4, 0.5) is 5.82 Å². The number of nitrogens with zero attached hydrogens (tertiary/aromatic N) is 2. The Morgan fingerprint density at radius 2 is 2.28 bits per heavy atom. The van der Waals surface area contributed by atoms with Crippen molar-refractivity contribution in [2.45, 2.75) is 25.3 Å². The molecule has 0 spiro atoms. The Bertz CT molecular complexity index is 430. The predicted molar refractivity (Wildman–Crippen MR) is 67.2 cm³/mol. The van der Waals surface area contributed by atoms with Crippen LogP contribution >= 0.6 is 0 Å². The van der Waals surface area contributed by atoms with Gasteiger partial charge < -0.3 is 15.8 Å². The van der Waals surface area contributed by atoms with Crippen LogP contribution in [0.5, 0.6) is 0 Å². The fraction of sp³-hybridized carbons (Fsp3) is 0.583. The lowest BCUT2D eigenvalue weighted by Gasteiger charge is -2.29. The summed E-state index contributed by atoms with van der Waals surface area (Å²) in [6.07, 6.45) is 2.38. The summed E-state index contributed by atoms with van der Waals surface area (Å²) in [5.41, 5.74) is 5.86. The second-order valence-corrected chi connectivity index (χ2v) is 4.82. The number of hydrogen-bond acceptors (Lipinski definition) is 6. The molecule has 1 saturated carbocycles. The lowest BCUT2D eigenvalue weighted by Crippen LogP contribution is -2.45. The van der Waals surface area contributed by atoms with Crippen molar-refractivity contribution in [2.24, 2.45) is 11.7 Å². The van der Waals surface area contributed by atoms with E-state index in [-0.39, 0.29) is 11.2 Å². The highest BCUT2D eigenvalue weighted by Crippen LogP contribution is 2.40. The highest BCUT2D eigenvalue weighted by atomic mass is 16.5. The molecule has 0 radical (unpaired) electrons. The molecule has 0 aromatic carbocycles. The van der Waals surface area contributed by atoms with E-state index >= 15 is 0 Å². The molecule has 3 N–H and O–H groups in total. The number of anilines is 1. The molecule has 1 aliphatic carbocycles. The molecule has 1 aromatic rings. The van der Waals surface area contributed by atoms with Gasteiger partial charge in [0.2, 0.25) is 0 Å². The molecule has 1 heterocycles. The fourth-order valence-electron chi connectivity index (χ4n) is 1.95. The predicted octanol–water partition coefficient (Wildman–Crippen LogP) is 0.802. The van der Waals surface area contributed by atoms with Crippen LogP contribution in [0.2, 0.25) is 0 Å². The Kier molecular flexibility index (Phi) is 3.47. The van der Waals surface area contributed by atoms with Crippen molar-refractivity contribution in [3.63, 3.8) is 0 Å². The van der Waals surface area contributed by atoms with E-state index in [9.17, 15) is 4.79 Å². The van der Waals surface area contributed by atoms with Gasteiger partial charge in [0.05, 0.1) is 12.6 Å². The quantitative estimate of drug-likeness (QED) is 0.751. The summed E-state index contributed by atoms with van der Waals surface area (Å²) in [6, 6.07) is 3.31. The molecule has 1 aromatic heterocycles. The molecule has 6 nitrogen and oxygen atoms in total. The zero-order valence-corrected chi connectivity index (χ0v) is 10.6. The lowest BCUT2D eigenvalue weighted by molar-refractivity contribution is 0.0593. The first kappa shape index (κ1) is 12.8. The van der Waals surface area contributed by atoms with Crippen molar-refractivity contribution < 1.29 is 9.53 Å². The smallest absolute Gasteiger partial charge is 0.358 e. The molecule has 0 amide bonds. The largest absolute Gasteiger partial charge is 0.464 e. The zero-order chi connectivity index (χ0) is 13.2. The SMILES string of the molecule is COC(=O)c1ccc(NC(C)(CN)C2CC2)nn1.